The molecule has 6 nitrogen and oxygen atoms in total. The third-order valence-corrected chi connectivity index (χ3v) is 7.15. The van der Waals surface area contributed by atoms with Crippen LogP contribution < -0.4 is 10.1 Å². The number of piperidine rings is 1. The first kappa shape index (κ1) is 20.0. The molecule has 0 aromatic heterocycles. The van der Waals surface area contributed by atoms with E-state index in [9.17, 15) is 9.59 Å². The molecule has 7 heteroatoms. The quantitative estimate of drug-likeness (QED) is 0.833. The molecule has 0 bridgehead atoms. The molecule has 2 heterocycles. The number of thioether (sulfide) groups is 1. The average molecular weight is 392 g/mol. The van der Waals surface area contributed by atoms with E-state index < -0.39 is 0 Å². The zero-order valence-electron chi connectivity index (χ0n) is 16.4. The summed E-state index contributed by atoms with van der Waals surface area (Å²) < 4.78 is 5.16. The normalized spacial score (nSPS) is 22.0. The molecule has 2 aliphatic heterocycles. The van der Waals surface area contributed by atoms with Crippen molar-refractivity contribution in [2.24, 2.45) is 0 Å². The molecular formula is C20H29N3O3S. The van der Waals surface area contributed by atoms with Gasteiger partial charge in [-0.2, -0.15) is 0 Å². The highest BCUT2D eigenvalue weighted by Gasteiger charge is 2.52. The van der Waals surface area contributed by atoms with Crippen LogP contribution in [0, 0.1) is 0 Å². The highest BCUT2D eigenvalue weighted by molar-refractivity contribution is 8.01. The van der Waals surface area contributed by atoms with Gasteiger partial charge < -0.3 is 19.9 Å². The average Bonchev–Trinajstić information content (AvgIpc) is 3.07. The number of benzene rings is 1. The molecule has 1 N–H and O–H groups in total. The maximum Gasteiger partial charge on any atom is 0.243 e. The molecule has 0 aliphatic carbocycles. The summed E-state index contributed by atoms with van der Waals surface area (Å²) in [6.45, 7) is 4.25. The van der Waals surface area contributed by atoms with E-state index in [1.54, 1.807) is 18.9 Å². The van der Waals surface area contributed by atoms with Gasteiger partial charge in [0.25, 0.3) is 0 Å². The van der Waals surface area contributed by atoms with Crippen LogP contribution in [0.2, 0.25) is 0 Å². The maximum absolute atomic E-state index is 12.9. The van der Waals surface area contributed by atoms with Crippen LogP contribution in [0.25, 0.3) is 0 Å². The summed E-state index contributed by atoms with van der Waals surface area (Å²) in [5.41, 5.74) is 1.01. The number of nitrogens with one attached hydrogen (secondary N) is 1. The van der Waals surface area contributed by atoms with Crippen LogP contribution in [-0.4, -0.2) is 65.5 Å². The highest BCUT2D eigenvalue weighted by atomic mass is 32.2. The van der Waals surface area contributed by atoms with Gasteiger partial charge in [0.2, 0.25) is 11.8 Å². The van der Waals surface area contributed by atoms with Crippen molar-refractivity contribution in [2.45, 2.75) is 43.6 Å². The van der Waals surface area contributed by atoms with Crippen LogP contribution in [0.4, 0.5) is 0 Å². The van der Waals surface area contributed by atoms with Crippen molar-refractivity contribution in [2.75, 3.05) is 33.0 Å². The van der Waals surface area contributed by atoms with E-state index >= 15 is 0 Å². The lowest BCUT2D eigenvalue weighted by atomic mass is 10.00. The Hall–Kier alpha value is -1.73. The summed E-state index contributed by atoms with van der Waals surface area (Å²) in [5.74, 6) is 1.48. The SMILES string of the molecule is CCC(=O)N1C(C(=O)NCc2ccc(OC)cc2)CSC12CCN(C)CC2. The van der Waals surface area contributed by atoms with Crippen LogP contribution in [0.3, 0.4) is 0 Å². The summed E-state index contributed by atoms with van der Waals surface area (Å²) in [5, 5.41) is 3.02. The van der Waals surface area contributed by atoms with E-state index in [4.69, 9.17) is 4.74 Å². The number of amides is 2. The second kappa shape index (κ2) is 8.52. The van der Waals surface area contributed by atoms with Crippen LogP contribution in [-0.2, 0) is 16.1 Å². The number of carbonyl (C=O) groups is 2. The Labute approximate surface area is 165 Å². The third kappa shape index (κ3) is 4.24. The lowest BCUT2D eigenvalue weighted by Gasteiger charge is -2.44. The van der Waals surface area contributed by atoms with E-state index in [0.29, 0.717) is 18.7 Å². The maximum atomic E-state index is 12.9. The smallest absolute Gasteiger partial charge is 0.243 e. The predicted octanol–water partition coefficient (Wildman–Crippen LogP) is 2.09. The van der Waals surface area contributed by atoms with E-state index in [2.05, 4.69) is 17.3 Å². The monoisotopic (exact) mass is 391 g/mol. The fourth-order valence-corrected chi connectivity index (χ4v) is 5.44. The zero-order chi connectivity index (χ0) is 19.4. The predicted molar refractivity (Wildman–Crippen MR) is 108 cm³/mol. The first-order valence-corrected chi connectivity index (χ1v) is 10.5. The summed E-state index contributed by atoms with van der Waals surface area (Å²) in [6.07, 6.45) is 2.27. The van der Waals surface area contributed by atoms with Gasteiger partial charge in [0.15, 0.2) is 0 Å². The molecular weight excluding hydrogens is 362 g/mol. The second-order valence-corrected chi connectivity index (χ2v) is 8.64. The number of ether oxygens (including phenoxy) is 1. The van der Waals surface area contributed by atoms with Crippen LogP contribution in [0.1, 0.15) is 31.7 Å². The minimum atomic E-state index is -0.385. The topological polar surface area (TPSA) is 61.9 Å². The van der Waals surface area contributed by atoms with E-state index in [1.807, 2.05) is 36.1 Å². The summed E-state index contributed by atoms with van der Waals surface area (Å²) >= 11 is 1.78. The Morgan fingerprint density at radius 1 is 1.26 bits per heavy atom. The molecule has 1 atom stereocenters. The fraction of sp³-hybridized carbons (Fsp3) is 0.600. The van der Waals surface area contributed by atoms with Crippen molar-refractivity contribution in [3.63, 3.8) is 0 Å². The summed E-state index contributed by atoms with van der Waals surface area (Å²) in [7, 11) is 3.74. The van der Waals surface area contributed by atoms with Gasteiger partial charge in [0.05, 0.1) is 12.0 Å². The fourth-order valence-electron chi connectivity index (χ4n) is 3.83. The zero-order valence-corrected chi connectivity index (χ0v) is 17.2. The van der Waals surface area contributed by atoms with Gasteiger partial charge in [-0.25, -0.2) is 0 Å². The molecule has 0 saturated carbocycles. The third-order valence-electron chi connectivity index (χ3n) is 5.53. The Kier molecular flexibility index (Phi) is 6.32. The molecule has 1 spiro atoms. The number of methoxy groups -OCH3 is 1. The van der Waals surface area contributed by atoms with Crippen molar-refractivity contribution in [3.05, 3.63) is 29.8 Å². The van der Waals surface area contributed by atoms with Gasteiger partial charge in [0.1, 0.15) is 11.8 Å². The number of hydrogen-bond acceptors (Lipinski definition) is 5. The standard InChI is InChI=1S/C20H29N3O3S/c1-4-18(24)23-17(14-27-20(23)9-11-22(2)12-10-20)19(25)21-13-15-5-7-16(26-3)8-6-15/h5-8,17H,4,9-14H2,1-3H3,(H,21,25). The first-order valence-electron chi connectivity index (χ1n) is 9.54. The molecule has 1 aromatic rings. The van der Waals surface area contributed by atoms with Crippen LogP contribution in [0.5, 0.6) is 5.75 Å². The molecule has 1 unspecified atom stereocenters. The van der Waals surface area contributed by atoms with Crippen molar-refractivity contribution in [1.82, 2.24) is 15.1 Å². The van der Waals surface area contributed by atoms with Gasteiger partial charge in [0, 0.05) is 31.8 Å². The molecule has 27 heavy (non-hydrogen) atoms. The Bertz CT molecular complexity index is 672. The molecule has 2 fully saturated rings. The van der Waals surface area contributed by atoms with E-state index in [-0.39, 0.29) is 22.7 Å². The van der Waals surface area contributed by atoms with Crippen molar-refractivity contribution in [1.29, 1.82) is 0 Å². The van der Waals surface area contributed by atoms with Crippen molar-refractivity contribution >= 4 is 23.6 Å². The van der Waals surface area contributed by atoms with E-state index in [0.717, 1.165) is 37.2 Å². The second-order valence-electron chi connectivity index (χ2n) is 7.26. The van der Waals surface area contributed by atoms with Crippen LogP contribution >= 0.6 is 11.8 Å². The van der Waals surface area contributed by atoms with Gasteiger partial charge >= 0.3 is 0 Å². The number of hydrogen-bond donors (Lipinski definition) is 1. The molecule has 1 aromatic carbocycles. The Morgan fingerprint density at radius 2 is 1.93 bits per heavy atom. The van der Waals surface area contributed by atoms with E-state index in [1.165, 1.54) is 0 Å². The molecule has 2 aliphatic rings. The molecule has 148 valence electrons. The molecule has 2 amide bonds. The first-order chi connectivity index (χ1) is 13.0. The highest BCUT2D eigenvalue weighted by Crippen LogP contribution is 2.46. The van der Waals surface area contributed by atoms with Gasteiger partial charge in [-0.1, -0.05) is 19.1 Å². The lowest BCUT2D eigenvalue weighted by Crippen LogP contribution is -2.57. The number of nitrogens with zero attached hydrogens (tertiary/aromatic N) is 2. The lowest BCUT2D eigenvalue weighted by molar-refractivity contribution is -0.143. The van der Waals surface area contributed by atoms with Crippen molar-refractivity contribution in [3.8, 4) is 5.75 Å². The van der Waals surface area contributed by atoms with Gasteiger partial charge in [-0.15, -0.1) is 11.8 Å². The summed E-state index contributed by atoms with van der Waals surface area (Å²) in [6, 6.07) is 7.26. The van der Waals surface area contributed by atoms with Crippen LogP contribution in [0.15, 0.2) is 24.3 Å². The number of likely N-dealkylation sites (tertiary alicyclic amines) is 1. The molecule has 2 saturated heterocycles. The molecule has 0 radical (unpaired) electrons. The van der Waals surface area contributed by atoms with Gasteiger partial charge in [-0.3, -0.25) is 9.59 Å². The number of carbonyl (C=O) groups excluding carboxylic acids is 2. The molecule has 3 rings (SSSR count). The minimum Gasteiger partial charge on any atom is -0.497 e. The van der Waals surface area contributed by atoms with Gasteiger partial charge in [-0.05, 0) is 37.6 Å². The van der Waals surface area contributed by atoms with Crippen molar-refractivity contribution < 1.29 is 14.3 Å². The number of rotatable bonds is 5. The Balaban J connectivity index is 1.68. The summed E-state index contributed by atoms with van der Waals surface area (Å²) in [4.78, 5) is 29.6. The minimum absolute atomic E-state index is 0.0593. The largest absolute Gasteiger partial charge is 0.497 e. The Morgan fingerprint density at radius 3 is 2.52 bits per heavy atom.